The lowest BCUT2D eigenvalue weighted by Gasteiger charge is -2.27. The Morgan fingerprint density at radius 3 is 2.00 bits per heavy atom. The lowest BCUT2D eigenvalue weighted by Crippen LogP contribution is -2.20. The SMILES string of the molecule is CCC(CCC(C)C(C)n1c2ccc(OC)cc2c2cc(OC)ccc21)c1ccc(C(=N)NN=N)cc1C(F)(F)F. The molecule has 0 fully saturated rings. The topological polar surface area (TPSA) is 95.5 Å². The van der Waals surface area contributed by atoms with Crippen molar-refractivity contribution in [2.24, 2.45) is 11.1 Å². The van der Waals surface area contributed by atoms with E-state index in [0.29, 0.717) is 12.8 Å². The first-order valence-electron chi connectivity index (χ1n) is 13.6. The van der Waals surface area contributed by atoms with Gasteiger partial charge in [0.15, 0.2) is 0 Å². The minimum Gasteiger partial charge on any atom is -0.497 e. The van der Waals surface area contributed by atoms with E-state index in [1.807, 2.05) is 31.2 Å². The normalized spacial score (nSPS) is 14.0. The Hall–Kier alpha value is -4.08. The highest BCUT2D eigenvalue weighted by molar-refractivity contribution is 6.09. The van der Waals surface area contributed by atoms with Crippen LogP contribution in [0.4, 0.5) is 13.2 Å². The summed E-state index contributed by atoms with van der Waals surface area (Å²) in [6, 6.07) is 16.0. The van der Waals surface area contributed by atoms with Crippen molar-refractivity contribution in [1.29, 1.82) is 10.9 Å². The minimum atomic E-state index is -4.57. The highest BCUT2D eigenvalue weighted by atomic mass is 19.4. The second-order valence-electron chi connectivity index (χ2n) is 10.4. The number of methoxy groups -OCH3 is 2. The highest BCUT2D eigenvalue weighted by Crippen LogP contribution is 2.41. The molecule has 218 valence electrons. The zero-order valence-corrected chi connectivity index (χ0v) is 23.9. The third-order valence-corrected chi connectivity index (χ3v) is 8.17. The van der Waals surface area contributed by atoms with E-state index in [0.717, 1.165) is 45.8 Å². The fourth-order valence-electron chi connectivity index (χ4n) is 5.68. The number of hydrogen-bond acceptors (Lipinski definition) is 5. The molecule has 3 unspecified atom stereocenters. The van der Waals surface area contributed by atoms with Crippen molar-refractivity contribution in [2.75, 3.05) is 14.2 Å². The molecule has 0 aliphatic heterocycles. The predicted molar refractivity (Wildman–Crippen MR) is 155 cm³/mol. The van der Waals surface area contributed by atoms with Crippen LogP contribution < -0.4 is 14.9 Å². The van der Waals surface area contributed by atoms with E-state index >= 15 is 0 Å². The second kappa shape index (κ2) is 12.2. The molecule has 3 N–H and O–H groups in total. The summed E-state index contributed by atoms with van der Waals surface area (Å²) in [7, 11) is 3.28. The van der Waals surface area contributed by atoms with E-state index in [-0.39, 0.29) is 34.8 Å². The van der Waals surface area contributed by atoms with E-state index < -0.39 is 11.7 Å². The van der Waals surface area contributed by atoms with Crippen LogP contribution in [-0.4, -0.2) is 24.6 Å². The molecule has 0 bridgehead atoms. The Balaban J connectivity index is 1.64. The van der Waals surface area contributed by atoms with E-state index in [2.05, 4.69) is 41.2 Å². The van der Waals surface area contributed by atoms with Crippen LogP contribution in [0.3, 0.4) is 0 Å². The first-order valence-corrected chi connectivity index (χ1v) is 13.6. The van der Waals surface area contributed by atoms with Gasteiger partial charge < -0.3 is 14.0 Å². The summed E-state index contributed by atoms with van der Waals surface area (Å²) in [5, 5.41) is 12.9. The smallest absolute Gasteiger partial charge is 0.416 e. The van der Waals surface area contributed by atoms with Gasteiger partial charge in [0.25, 0.3) is 0 Å². The molecule has 4 aromatic rings. The molecule has 0 spiro atoms. The maximum Gasteiger partial charge on any atom is 0.416 e. The van der Waals surface area contributed by atoms with Gasteiger partial charge in [-0.25, -0.2) is 5.43 Å². The Kier molecular flexibility index (Phi) is 8.89. The maximum atomic E-state index is 14.1. The standard InChI is InChI=1S/C31H36F3N5O2/c1-6-20(24-12-9-21(30(35)37-38-36)15-27(24)31(32,33)34)8-7-18(2)19(3)39-28-13-10-22(40-4)16-25(28)26-17-23(41-5)11-14-29(26)39/h9-20H,6-8H2,1-5H3,(H3,35,36,37). The lowest BCUT2D eigenvalue weighted by molar-refractivity contribution is -0.138. The molecule has 3 aromatic carbocycles. The fourth-order valence-corrected chi connectivity index (χ4v) is 5.68. The Morgan fingerprint density at radius 1 is 0.927 bits per heavy atom. The Labute approximate surface area is 237 Å². The van der Waals surface area contributed by atoms with Crippen LogP contribution in [0.5, 0.6) is 11.5 Å². The van der Waals surface area contributed by atoms with Crippen molar-refractivity contribution in [3.05, 3.63) is 71.3 Å². The molecule has 0 saturated heterocycles. The molecule has 0 aliphatic carbocycles. The number of nitrogens with one attached hydrogen (secondary N) is 3. The molecular weight excluding hydrogens is 531 g/mol. The molecule has 0 amide bonds. The van der Waals surface area contributed by atoms with Gasteiger partial charge in [0.2, 0.25) is 0 Å². The highest BCUT2D eigenvalue weighted by Gasteiger charge is 2.35. The Bertz CT molecular complexity index is 1500. The van der Waals surface area contributed by atoms with Crippen LogP contribution in [0.15, 0.2) is 59.8 Å². The molecule has 4 rings (SSSR count). The molecule has 1 heterocycles. The summed E-state index contributed by atoms with van der Waals surface area (Å²) >= 11 is 0. The van der Waals surface area contributed by atoms with Crippen molar-refractivity contribution < 1.29 is 22.6 Å². The summed E-state index contributed by atoms with van der Waals surface area (Å²) in [5.41, 5.74) is 10.6. The van der Waals surface area contributed by atoms with E-state index in [1.54, 1.807) is 14.2 Å². The number of ether oxygens (including phenoxy) is 2. The van der Waals surface area contributed by atoms with Crippen LogP contribution in [0.2, 0.25) is 0 Å². The summed E-state index contributed by atoms with van der Waals surface area (Å²) in [4.78, 5) is 0. The number of amidine groups is 1. The summed E-state index contributed by atoms with van der Waals surface area (Å²) in [5.74, 6) is 1.03. The van der Waals surface area contributed by atoms with Gasteiger partial charge in [0.05, 0.1) is 19.8 Å². The van der Waals surface area contributed by atoms with E-state index in [4.69, 9.17) is 20.4 Å². The number of benzene rings is 3. The van der Waals surface area contributed by atoms with Crippen molar-refractivity contribution in [2.45, 2.75) is 58.2 Å². The average Bonchev–Trinajstić information content (AvgIpc) is 3.29. The average molecular weight is 568 g/mol. The van der Waals surface area contributed by atoms with Gasteiger partial charge in [-0.05, 0) is 86.1 Å². The number of rotatable bonds is 11. The minimum absolute atomic E-state index is 0.0357. The molecular formula is C31H36F3N5O2. The molecule has 0 saturated carbocycles. The summed E-state index contributed by atoms with van der Waals surface area (Å²) in [6.45, 7) is 6.21. The lowest BCUT2D eigenvalue weighted by atomic mass is 9.84. The van der Waals surface area contributed by atoms with Gasteiger partial charge in [0, 0.05) is 33.4 Å². The molecule has 0 radical (unpaired) electrons. The van der Waals surface area contributed by atoms with Crippen LogP contribution in [0.25, 0.3) is 21.8 Å². The van der Waals surface area contributed by atoms with Gasteiger partial charge in [-0.3, -0.25) is 5.41 Å². The second-order valence-corrected chi connectivity index (χ2v) is 10.4. The molecule has 41 heavy (non-hydrogen) atoms. The molecule has 1 aromatic heterocycles. The number of halogens is 3. The van der Waals surface area contributed by atoms with Crippen molar-refractivity contribution in [3.8, 4) is 11.5 Å². The quantitative estimate of drug-likeness (QED) is 0.0731. The van der Waals surface area contributed by atoms with Gasteiger partial charge in [0.1, 0.15) is 17.3 Å². The van der Waals surface area contributed by atoms with Crippen LogP contribution in [0, 0.1) is 16.9 Å². The van der Waals surface area contributed by atoms with Crippen LogP contribution in [-0.2, 0) is 6.18 Å². The third kappa shape index (κ3) is 6.01. The van der Waals surface area contributed by atoms with Crippen LogP contribution in [0.1, 0.15) is 68.7 Å². The molecule has 3 atom stereocenters. The van der Waals surface area contributed by atoms with Crippen molar-refractivity contribution in [1.82, 2.24) is 9.99 Å². The maximum absolute atomic E-state index is 14.1. The van der Waals surface area contributed by atoms with Gasteiger partial charge in [-0.15, -0.1) is 0 Å². The molecule has 0 aliphatic rings. The Morgan fingerprint density at radius 2 is 1.51 bits per heavy atom. The number of hydrogen-bond donors (Lipinski definition) is 3. The fraction of sp³-hybridized carbons (Fsp3) is 0.387. The number of nitrogens with zero attached hydrogens (tertiary/aromatic N) is 2. The monoisotopic (exact) mass is 567 g/mol. The van der Waals surface area contributed by atoms with Crippen molar-refractivity contribution >= 4 is 27.6 Å². The predicted octanol–water partition coefficient (Wildman–Crippen LogP) is 8.86. The number of alkyl halides is 3. The largest absolute Gasteiger partial charge is 0.497 e. The summed E-state index contributed by atoms with van der Waals surface area (Å²) in [6.07, 6.45) is -2.71. The van der Waals surface area contributed by atoms with Crippen molar-refractivity contribution in [3.63, 3.8) is 0 Å². The van der Waals surface area contributed by atoms with Gasteiger partial charge in [-0.2, -0.15) is 18.7 Å². The zero-order valence-electron chi connectivity index (χ0n) is 23.9. The third-order valence-electron chi connectivity index (χ3n) is 8.17. The zero-order chi connectivity index (χ0) is 29.9. The molecule has 7 nitrogen and oxygen atoms in total. The van der Waals surface area contributed by atoms with Gasteiger partial charge >= 0.3 is 6.18 Å². The van der Waals surface area contributed by atoms with Gasteiger partial charge in [-0.1, -0.05) is 31.2 Å². The first-order chi connectivity index (χ1) is 19.5. The number of aromatic nitrogens is 1. The molecule has 10 heteroatoms. The summed E-state index contributed by atoms with van der Waals surface area (Å²) < 4.78 is 55.6. The van der Waals surface area contributed by atoms with E-state index in [9.17, 15) is 13.2 Å². The number of fused-ring (bicyclic) bond motifs is 3. The van der Waals surface area contributed by atoms with E-state index in [1.165, 1.54) is 12.1 Å². The van der Waals surface area contributed by atoms with Crippen LogP contribution >= 0.6 is 0 Å². The first kappa shape index (κ1) is 29.9.